The normalized spacial score (nSPS) is 11.4. The second-order valence-electron chi connectivity index (χ2n) is 7.43. The molecule has 0 radical (unpaired) electrons. The molecule has 0 amide bonds. The van der Waals surface area contributed by atoms with Crippen molar-refractivity contribution in [2.24, 2.45) is 0 Å². The first-order valence-corrected chi connectivity index (χ1v) is 10.3. The van der Waals surface area contributed by atoms with Gasteiger partial charge in [-0.15, -0.1) is 13.2 Å². The molecule has 3 aromatic rings. The van der Waals surface area contributed by atoms with Crippen LogP contribution >= 0.6 is 0 Å². The van der Waals surface area contributed by atoms with Crippen LogP contribution in [0.4, 0.5) is 19.0 Å². The van der Waals surface area contributed by atoms with Gasteiger partial charge >= 0.3 is 6.36 Å². The van der Waals surface area contributed by atoms with Gasteiger partial charge in [-0.1, -0.05) is 43.0 Å². The Hall–Kier alpha value is -3.74. The molecule has 0 saturated carbocycles. The fraction of sp³-hybridized carbons (Fsp3) is 0.192. The highest BCUT2D eigenvalue weighted by Gasteiger charge is 2.30. The van der Waals surface area contributed by atoms with Gasteiger partial charge in [0, 0.05) is 19.3 Å². The zero-order valence-corrected chi connectivity index (χ0v) is 18.5. The van der Waals surface area contributed by atoms with E-state index in [1.54, 1.807) is 25.4 Å². The number of halogens is 3. The summed E-state index contributed by atoms with van der Waals surface area (Å²) >= 11 is 0. The smallest absolute Gasteiger partial charge is 0.497 e. The molecular weight excluding hydrogens is 429 g/mol. The van der Waals surface area contributed by atoms with Gasteiger partial charge in [0.2, 0.25) is 0 Å². The van der Waals surface area contributed by atoms with Crippen LogP contribution in [0.15, 0.2) is 79.5 Å². The summed E-state index contributed by atoms with van der Waals surface area (Å²) in [6.07, 6.45) is 1.05. The Morgan fingerprint density at radius 3 is 2.21 bits per heavy atom. The third-order valence-electron chi connectivity index (χ3n) is 4.85. The van der Waals surface area contributed by atoms with E-state index in [1.165, 1.54) is 12.1 Å². The molecule has 1 heterocycles. The quantitative estimate of drug-likeness (QED) is 0.359. The average molecular weight is 454 g/mol. The number of nitrogens with zero attached hydrogens (tertiary/aromatic N) is 2. The number of hydrogen-bond acceptors (Lipinski definition) is 4. The number of alkyl halides is 3. The minimum atomic E-state index is -4.71. The van der Waals surface area contributed by atoms with Crippen LogP contribution in [-0.4, -0.2) is 25.0 Å². The van der Waals surface area contributed by atoms with Gasteiger partial charge in [-0.3, -0.25) is 0 Å². The summed E-state index contributed by atoms with van der Waals surface area (Å²) in [7, 11) is 1.62. The number of rotatable bonds is 9. The number of hydrogen-bond donors (Lipinski definition) is 0. The maximum atomic E-state index is 12.4. The van der Waals surface area contributed by atoms with Crippen molar-refractivity contribution in [3.05, 3.63) is 96.2 Å². The van der Waals surface area contributed by atoms with Crippen molar-refractivity contribution < 1.29 is 22.6 Å². The van der Waals surface area contributed by atoms with Gasteiger partial charge in [-0.25, -0.2) is 4.98 Å². The molecular formula is C26H25F3N2O2. The fourth-order valence-electron chi connectivity index (χ4n) is 3.11. The molecule has 3 rings (SSSR count). The number of allylic oxidation sites excluding steroid dienone is 1. The third-order valence-corrected chi connectivity index (χ3v) is 4.85. The molecule has 0 unspecified atom stereocenters. The van der Waals surface area contributed by atoms with E-state index in [2.05, 4.69) is 16.3 Å². The molecule has 172 valence electrons. The summed E-state index contributed by atoms with van der Waals surface area (Å²) in [5.41, 5.74) is 3.71. The van der Waals surface area contributed by atoms with Crippen molar-refractivity contribution in [3.8, 4) is 11.5 Å². The van der Waals surface area contributed by atoms with E-state index < -0.39 is 6.36 Å². The molecule has 0 aliphatic rings. The number of anilines is 1. The molecule has 0 aliphatic carbocycles. The predicted octanol–water partition coefficient (Wildman–Crippen LogP) is 6.74. The molecule has 0 saturated heterocycles. The largest absolute Gasteiger partial charge is 0.573 e. The highest BCUT2D eigenvalue weighted by Crippen LogP contribution is 2.24. The van der Waals surface area contributed by atoms with E-state index in [4.69, 9.17) is 4.74 Å². The number of pyridine rings is 1. The second-order valence-corrected chi connectivity index (χ2v) is 7.43. The number of ether oxygens (including phenoxy) is 2. The number of methoxy groups -OCH3 is 1. The van der Waals surface area contributed by atoms with Crippen molar-refractivity contribution in [2.45, 2.75) is 19.8 Å². The van der Waals surface area contributed by atoms with Crippen LogP contribution in [0, 0.1) is 0 Å². The average Bonchev–Trinajstić information content (AvgIpc) is 2.79. The van der Waals surface area contributed by atoms with Crippen molar-refractivity contribution in [2.75, 3.05) is 18.6 Å². The van der Waals surface area contributed by atoms with Crippen LogP contribution in [-0.2, 0) is 6.54 Å². The first kappa shape index (κ1) is 23.9. The van der Waals surface area contributed by atoms with Gasteiger partial charge in [-0.2, -0.15) is 0 Å². The molecule has 0 atom stereocenters. The summed E-state index contributed by atoms with van der Waals surface area (Å²) in [6.45, 7) is 6.85. The lowest BCUT2D eigenvalue weighted by Crippen LogP contribution is -2.23. The molecule has 0 spiro atoms. The van der Waals surface area contributed by atoms with Gasteiger partial charge in [0.15, 0.2) is 0 Å². The van der Waals surface area contributed by atoms with E-state index in [0.29, 0.717) is 13.1 Å². The van der Waals surface area contributed by atoms with Gasteiger partial charge in [0.25, 0.3) is 0 Å². The van der Waals surface area contributed by atoms with Gasteiger partial charge in [0.1, 0.15) is 17.3 Å². The van der Waals surface area contributed by atoms with Crippen LogP contribution in [0.5, 0.6) is 11.5 Å². The molecule has 0 N–H and O–H groups in total. The minimum Gasteiger partial charge on any atom is -0.497 e. The zero-order chi connectivity index (χ0) is 23.8. The first-order chi connectivity index (χ1) is 15.7. The first-order valence-electron chi connectivity index (χ1n) is 10.3. The summed E-state index contributed by atoms with van der Waals surface area (Å²) in [6, 6.07) is 17.4. The Bertz CT molecular complexity index is 1070. The number of aromatic nitrogens is 1. The standard InChI is InChI=1S/C26H25F3N2O2/c1-19(2)22-10-15-25(30-17-22)31(16-4-5-20-6-11-23(32-3)12-7-20)18-21-8-13-24(14-9-21)33-26(27,28)29/h4-15,17H,1,16,18H2,2-3H3/b5-4+. The monoisotopic (exact) mass is 454 g/mol. The summed E-state index contributed by atoms with van der Waals surface area (Å²) in [5, 5.41) is 0. The molecule has 0 bridgehead atoms. The van der Waals surface area contributed by atoms with Crippen LogP contribution in [0.25, 0.3) is 11.6 Å². The molecule has 0 fully saturated rings. The van der Waals surface area contributed by atoms with E-state index in [9.17, 15) is 13.2 Å². The summed E-state index contributed by atoms with van der Waals surface area (Å²) in [4.78, 5) is 6.58. The molecule has 0 aliphatic heterocycles. The van der Waals surface area contributed by atoms with Crippen LogP contribution in [0.3, 0.4) is 0 Å². The van der Waals surface area contributed by atoms with Crippen molar-refractivity contribution >= 4 is 17.5 Å². The van der Waals surface area contributed by atoms with Crippen LogP contribution in [0.1, 0.15) is 23.6 Å². The molecule has 7 heteroatoms. The van der Waals surface area contributed by atoms with E-state index in [-0.39, 0.29) is 5.75 Å². The van der Waals surface area contributed by atoms with Gasteiger partial charge in [0.05, 0.1) is 7.11 Å². The molecule has 1 aromatic heterocycles. The third kappa shape index (κ3) is 7.42. The lowest BCUT2D eigenvalue weighted by atomic mass is 10.1. The van der Waals surface area contributed by atoms with Crippen LogP contribution < -0.4 is 14.4 Å². The lowest BCUT2D eigenvalue weighted by Gasteiger charge is -2.23. The van der Waals surface area contributed by atoms with Gasteiger partial charge < -0.3 is 14.4 Å². The maximum absolute atomic E-state index is 12.4. The molecule has 33 heavy (non-hydrogen) atoms. The van der Waals surface area contributed by atoms with E-state index >= 15 is 0 Å². The fourth-order valence-corrected chi connectivity index (χ4v) is 3.11. The van der Waals surface area contributed by atoms with Crippen LogP contribution in [0.2, 0.25) is 0 Å². The van der Waals surface area contributed by atoms with Gasteiger partial charge in [-0.05, 0) is 65.6 Å². The SMILES string of the molecule is C=C(C)c1ccc(N(C/C=C/c2ccc(OC)cc2)Cc2ccc(OC(F)(F)F)cc2)nc1. The number of benzene rings is 2. The maximum Gasteiger partial charge on any atom is 0.573 e. The minimum absolute atomic E-state index is 0.249. The Kier molecular flexibility index (Phi) is 7.77. The highest BCUT2D eigenvalue weighted by molar-refractivity contribution is 5.62. The summed E-state index contributed by atoms with van der Waals surface area (Å²) < 4.78 is 46.4. The van der Waals surface area contributed by atoms with E-state index in [0.717, 1.165) is 33.8 Å². The Balaban J connectivity index is 1.77. The van der Waals surface area contributed by atoms with Crippen molar-refractivity contribution in [1.82, 2.24) is 4.98 Å². The van der Waals surface area contributed by atoms with Crippen molar-refractivity contribution in [3.63, 3.8) is 0 Å². The van der Waals surface area contributed by atoms with E-state index in [1.807, 2.05) is 60.4 Å². The Morgan fingerprint density at radius 1 is 1.00 bits per heavy atom. The predicted molar refractivity (Wildman–Crippen MR) is 125 cm³/mol. The summed E-state index contributed by atoms with van der Waals surface area (Å²) in [5.74, 6) is 1.28. The molecule has 2 aromatic carbocycles. The molecule has 4 nitrogen and oxygen atoms in total. The highest BCUT2D eigenvalue weighted by atomic mass is 19.4. The zero-order valence-electron chi connectivity index (χ0n) is 18.5. The Morgan fingerprint density at radius 2 is 1.67 bits per heavy atom. The second kappa shape index (κ2) is 10.7. The lowest BCUT2D eigenvalue weighted by molar-refractivity contribution is -0.274. The Labute approximate surface area is 191 Å². The van der Waals surface area contributed by atoms with Crippen molar-refractivity contribution in [1.29, 1.82) is 0 Å². The topological polar surface area (TPSA) is 34.6 Å².